The maximum Gasteiger partial charge on any atom is 0.234 e. The summed E-state index contributed by atoms with van der Waals surface area (Å²) < 4.78 is 1.14. The molecule has 1 aliphatic rings. The molecule has 0 bridgehead atoms. The van der Waals surface area contributed by atoms with E-state index < -0.39 is 0 Å². The van der Waals surface area contributed by atoms with Crippen molar-refractivity contribution in [3.8, 4) is 0 Å². The maximum absolute atomic E-state index is 10.1. The zero-order valence-electron chi connectivity index (χ0n) is 8.37. The minimum atomic E-state index is 0.380. The van der Waals surface area contributed by atoms with Crippen molar-refractivity contribution in [3.63, 3.8) is 0 Å². The lowest BCUT2D eigenvalue weighted by Crippen LogP contribution is -2.13. The molecule has 0 aliphatic heterocycles. The lowest BCUT2D eigenvalue weighted by atomic mass is 9.83. The number of hydrogen-bond acceptors (Lipinski definition) is 2. The van der Waals surface area contributed by atoms with Crippen molar-refractivity contribution in [2.75, 3.05) is 6.54 Å². The van der Waals surface area contributed by atoms with E-state index >= 15 is 0 Å². The fourth-order valence-corrected chi connectivity index (χ4v) is 3.00. The fraction of sp³-hybridized carbons (Fsp3) is 0.417. The van der Waals surface area contributed by atoms with Gasteiger partial charge in [-0.25, -0.2) is 9.79 Å². The van der Waals surface area contributed by atoms with E-state index in [0.717, 1.165) is 17.3 Å². The summed E-state index contributed by atoms with van der Waals surface area (Å²) in [6.07, 6.45) is 5.05. The predicted molar refractivity (Wildman–Crippen MR) is 62.8 cm³/mol. The van der Waals surface area contributed by atoms with Gasteiger partial charge in [0, 0.05) is 10.4 Å². The largest absolute Gasteiger partial charge is 0.234 e. The normalized spacial score (nSPS) is 19.1. The third kappa shape index (κ3) is 2.19. The maximum atomic E-state index is 10.1. The minimum absolute atomic E-state index is 0.380. The molecular weight excluding hydrogens is 254 g/mol. The van der Waals surface area contributed by atoms with Crippen LogP contribution in [0.4, 0.5) is 0 Å². The van der Waals surface area contributed by atoms with E-state index in [9.17, 15) is 4.79 Å². The van der Waals surface area contributed by atoms with Crippen molar-refractivity contribution in [3.05, 3.63) is 33.8 Å². The van der Waals surface area contributed by atoms with E-state index in [1.54, 1.807) is 6.08 Å². The number of isocyanates is 1. The van der Waals surface area contributed by atoms with Gasteiger partial charge in [-0.05, 0) is 36.5 Å². The Bertz CT molecular complexity index is 410. The summed E-state index contributed by atoms with van der Waals surface area (Å²) in [6.45, 7) is 0.569. The monoisotopic (exact) mass is 265 g/mol. The molecule has 15 heavy (non-hydrogen) atoms. The molecule has 1 aromatic carbocycles. The van der Waals surface area contributed by atoms with Crippen LogP contribution >= 0.6 is 15.9 Å². The second kappa shape index (κ2) is 4.73. The lowest BCUT2D eigenvalue weighted by molar-refractivity contribution is 0.542. The van der Waals surface area contributed by atoms with Crippen LogP contribution in [0.5, 0.6) is 0 Å². The Morgan fingerprint density at radius 2 is 2.40 bits per heavy atom. The first-order chi connectivity index (χ1) is 7.33. The van der Waals surface area contributed by atoms with Gasteiger partial charge in [0.15, 0.2) is 0 Å². The molecule has 0 spiro atoms. The molecule has 1 aliphatic carbocycles. The van der Waals surface area contributed by atoms with E-state index in [1.807, 2.05) is 0 Å². The smallest absolute Gasteiger partial charge is 0.211 e. The average Bonchev–Trinajstić information content (AvgIpc) is 2.26. The van der Waals surface area contributed by atoms with E-state index in [1.165, 1.54) is 17.5 Å². The molecule has 0 N–H and O–H groups in total. The molecule has 2 nitrogen and oxygen atoms in total. The Kier molecular flexibility index (Phi) is 3.34. The molecule has 0 radical (unpaired) electrons. The van der Waals surface area contributed by atoms with E-state index in [-0.39, 0.29) is 0 Å². The molecule has 0 fully saturated rings. The van der Waals surface area contributed by atoms with Gasteiger partial charge in [-0.1, -0.05) is 28.1 Å². The highest BCUT2D eigenvalue weighted by atomic mass is 79.9. The summed E-state index contributed by atoms with van der Waals surface area (Å²) in [7, 11) is 0. The van der Waals surface area contributed by atoms with Gasteiger partial charge in [0.1, 0.15) is 0 Å². The Hall–Kier alpha value is -0.920. The van der Waals surface area contributed by atoms with Gasteiger partial charge >= 0.3 is 0 Å². The molecule has 1 unspecified atom stereocenters. The van der Waals surface area contributed by atoms with Gasteiger partial charge in [0.2, 0.25) is 6.08 Å². The number of benzene rings is 1. The molecule has 3 heteroatoms. The highest BCUT2D eigenvalue weighted by Gasteiger charge is 2.21. The quantitative estimate of drug-likeness (QED) is 0.597. The van der Waals surface area contributed by atoms with Gasteiger partial charge in [0.25, 0.3) is 0 Å². The van der Waals surface area contributed by atoms with E-state index in [4.69, 9.17) is 0 Å². The standard InChI is InChI=1S/C12H12BrNO/c13-11-6-2-4-9-3-1-5-10(12(9)11)7-14-8-15/h2,4,6,10H,1,3,5,7H2. The van der Waals surface area contributed by atoms with E-state index in [0.29, 0.717) is 12.5 Å². The molecule has 78 valence electrons. The number of nitrogens with zero attached hydrogens (tertiary/aromatic N) is 1. The summed E-state index contributed by atoms with van der Waals surface area (Å²) in [5, 5.41) is 0. The van der Waals surface area contributed by atoms with Crippen LogP contribution in [0.3, 0.4) is 0 Å². The first-order valence-electron chi connectivity index (χ1n) is 5.14. The van der Waals surface area contributed by atoms with Crippen molar-refractivity contribution in [2.45, 2.75) is 25.2 Å². The van der Waals surface area contributed by atoms with Crippen molar-refractivity contribution >= 4 is 22.0 Å². The van der Waals surface area contributed by atoms with Crippen LogP contribution in [0, 0.1) is 0 Å². The number of aryl methyl sites for hydroxylation is 1. The van der Waals surface area contributed by atoms with Crippen LogP contribution in [0.25, 0.3) is 0 Å². The molecule has 0 aromatic heterocycles. The highest BCUT2D eigenvalue weighted by Crippen LogP contribution is 2.36. The molecule has 2 rings (SSSR count). The van der Waals surface area contributed by atoms with Crippen LogP contribution in [0.2, 0.25) is 0 Å². The molecule has 1 atom stereocenters. The molecule has 1 aromatic rings. The zero-order valence-corrected chi connectivity index (χ0v) is 9.96. The SMILES string of the molecule is O=C=NCC1CCCc2cccc(Br)c21. The van der Waals surface area contributed by atoms with Crippen LogP contribution in [-0.4, -0.2) is 12.6 Å². The molecule has 0 heterocycles. The highest BCUT2D eigenvalue weighted by molar-refractivity contribution is 9.10. The molecule has 0 amide bonds. The van der Waals surface area contributed by atoms with Crippen molar-refractivity contribution in [1.29, 1.82) is 0 Å². The third-order valence-corrected chi connectivity index (χ3v) is 3.62. The fourth-order valence-electron chi connectivity index (χ4n) is 2.27. The zero-order chi connectivity index (χ0) is 10.7. The number of carbonyl (C=O) groups excluding carboxylic acids is 1. The van der Waals surface area contributed by atoms with Gasteiger partial charge < -0.3 is 0 Å². The Morgan fingerprint density at radius 1 is 1.53 bits per heavy atom. The van der Waals surface area contributed by atoms with Gasteiger partial charge in [-0.15, -0.1) is 0 Å². The second-order valence-electron chi connectivity index (χ2n) is 3.83. The van der Waals surface area contributed by atoms with Crippen molar-refractivity contribution in [2.24, 2.45) is 4.99 Å². The average molecular weight is 266 g/mol. The number of halogens is 1. The molecule has 0 saturated carbocycles. The Labute approximate surface area is 97.5 Å². The first kappa shape index (κ1) is 10.6. The van der Waals surface area contributed by atoms with Crippen LogP contribution in [-0.2, 0) is 11.2 Å². The summed E-state index contributed by atoms with van der Waals surface area (Å²) in [6, 6.07) is 6.28. The van der Waals surface area contributed by atoms with Gasteiger partial charge in [-0.2, -0.15) is 0 Å². The topological polar surface area (TPSA) is 29.4 Å². The van der Waals surface area contributed by atoms with Gasteiger partial charge in [0.05, 0.1) is 6.54 Å². The summed E-state index contributed by atoms with van der Waals surface area (Å²) in [5.74, 6) is 0.380. The molecule has 0 saturated heterocycles. The summed E-state index contributed by atoms with van der Waals surface area (Å²) >= 11 is 3.57. The van der Waals surface area contributed by atoms with Gasteiger partial charge in [-0.3, -0.25) is 0 Å². The second-order valence-corrected chi connectivity index (χ2v) is 4.69. The number of hydrogen-bond donors (Lipinski definition) is 0. The Morgan fingerprint density at radius 3 is 3.20 bits per heavy atom. The number of rotatable bonds is 2. The van der Waals surface area contributed by atoms with Crippen LogP contribution in [0.15, 0.2) is 27.7 Å². The van der Waals surface area contributed by atoms with E-state index in [2.05, 4.69) is 39.1 Å². The van der Waals surface area contributed by atoms with Crippen LogP contribution < -0.4 is 0 Å². The van der Waals surface area contributed by atoms with Crippen LogP contribution in [0.1, 0.15) is 29.9 Å². The third-order valence-electron chi connectivity index (χ3n) is 2.93. The first-order valence-corrected chi connectivity index (χ1v) is 5.93. The predicted octanol–water partition coefficient (Wildman–Crippen LogP) is 3.20. The minimum Gasteiger partial charge on any atom is -0.211 e. The molecular formula is C12H12BrNO. The lowest BCUT2D eigenvalue weighted by Gasteiger charge is -2.24. The number of fused-ring (bicyclic) bond motifs is 1. The van der Waals surface area contributed by atoms with Crippen molar-refractivity contribution in [1.82, 2.24) is 0 Å². The summed E-state index contributed by atoms with van der Waals surface area (Å²) in [5.41, 5.74) is 2.73. The Balaban J connectivity index is 2.36. The summed E-state index contributed by atoms with van der Waals surface area (Å²) in [4.78, 5) is 13.9. The number of aliphatic imine (C=N–C) groups is 1. The van der Waals surface area contributed by atoms with Crippen molar-refractivity contribution < 1.29 is 4.79 Å².